The van der Waals surface area contributed by atoms with Crippen molar-refractivity contribution in [2.45, 2.75) is 58.4 Å². The molecule has 0 N–H and O–H groups in total. The van der Waals surface area contributed by atoms with Gasteiger partial charge in [-0.3, -0.25) is 4.90 Å². The molecule has 3 heteroatoms. The molecule has 2 aliphatic rings. The minimum Gasteiger partial charge on any atom is -0.296 e. The average Bonchev–Trinajstić information content (AvgIpc) is 2.40. The zero-order valence-electron chi connectivity index (χ0n) is 11.4. The number of likely N-dealkylation sites (tertiary alicyclic amines) is 1. The van der Waals surface area contributed by atoms with Crippen LogP contribution in [0, 0.1) is 6.92 Å². The van der Waals surface area contributed by atoms with Crippen molar-refractivity contribution in [2.24, 2.45) is 0 Å². The summed E-state index contributed by atoms with van der Waals surface area (Å²) in [5.41, 5.74) is 4.00. The van der Waals surface area contributed by atoms with Gasteiger partial charge in [0.15, 0.2) is 0 Å². The third-order valence-electron chi connectivity index (χ3n) is 4.25. The SMILES string of the molecule is Cc1nc(CN2CCCCC2)nc2c1CCCC2. The molecule has 3 rings (SSSR count). The maximum absolute atomic E-state index is 4.82. The first kappa shape index (κ1) is 12.1. The fourth-order valence-electron chi connectivity index (χ4n) is 3.23. The molecule has 18 heavy (non-hydrogen) atoms. The molecule has 1 fully saturated rings. The van der Waals surface area contributed by atoms with E-state index in [1.165, 1.54) is 68.6 Å². The highest BCUT2D eigenvalue weighted by Crippen LogP contribution is 2.22. The summed E-state index contributed by atoms with van der Waals surface area (Å²) in [5, 5.41) is 0. The van der Waals surface area contributed by atoms with Crippen LogP contribution in [0.2, 0.25) is 0 Å². The number of hydrogen-bond donors (Lipinski definition) is 0. The Labute approximate surface area is 110 Å². The Morgan fingerprint density at radius 3 is 2.56 bits per heavy atom. The van der Waals surface area contributed by atoms with E-state index in [0.29, 0.717) is 0 Å². The van der Waals surface area contributed by atoms with E-state index in [-0.39, 0.29) is 0 Å². The van der Waals surface area contributed by atoms with Crippen LogP contribution in [-0.2, 0) is 19.4 Å². The van der Waals surface area contributed by atoms with Gasteiger partial charge in [-0.2, -0.15) is 0 Å². The Kier molecular flexibility index (Phi) is 3.59. The highest BCUT2D eigenvalue weighted by molar-refractivity contribution is 5.27. The van der Waals surface area contributed by atoms with Gasteiger partial charge in [0.05, 0.1) is 6.54 Å². The fraction of sp³-hybridized carbons (Fsp3) is 0.733. The molecule has 0 spiro atoms. The normalized spacial score (nSPS) is 20.7. The summed E-state index contributed by atoms with van der Waals surface area (Å²) in [7, 11) is 0. The fourth-order valence-corrected chi connectivity index (χ4v) is 3.23. The predicted octanol–water partition coefficient (Wildman–Crippen LogP) is 2.65. The van der Waals surface area contributed by atoms with Gasteiger partial charge in [-0.15, -0.1) is 0 Å². The Hall–Kier alpha value is -0.960. The van der Waals surface area contributed by atoms with Crippen LogP contribution in [0.4, 0.5) is 0 Å². The quantitative estimate of drug-likeness (QED) is 0.802. The lowest BCUT2D eigenvalue weighted by atomic mass is 9.95. The van der Waals surface area contributed by atoms with Crippen molar-refractivity contribution in [1.29, 1.82) is 0 Å². The van der Waals surface area contributed by atoms with E-state index in [9.17, 15) is 0 Å². The van der Waals surface area contributed by atoms with Crippen LogP contribution in [0.1, 0.15) is 54.9 Å². The van der Waals surface area contributed by atoms with E-state index in [1.807, 2.05) is 0 Å². The topological polar surface area (TPSA) is 29.0 Å². The van der Waals surface area contributed by atoms with Crippen molar-refractivity contribution in [2.75, 3.05) is 13.1 Å². The second-order valence-corrected chi connectivity index (χ2v) is 5.69. The van der Waals surface area contributed by atoms with Gasteiger partial charge in [0.25, 0.3) is 0 Å². The monoisotopic (exact) mass is 245 g/mol. The van der Waals surface area contributed by atoms with Gasteiger partial charge in [-0.1, -0.05) is 6.42 Å². The third kappa shape index (κ3) is 2.56. The number of aryl methyl sites for hydroxylation is 2. The Morgan fingerprint density at radius 1 is 0.944 bits per heavy atom. The number of piperidine rings is 1. The van der Waals surface area contributed by atoms with Crippen LogP contribution in [0.15, 0.2) is 0 Å². The molecule has 1 saturated heterocycles. The standard InChI is InChI=1S/C15H23N3/c1-12-13-7-3-4-8-14(13)17-15(16-12)11-18-9-5-2-6-10-18/h2-11H2,1H3. The summed E-state index contributed by atoms with van der Waals surface area (Å²) in [5.74, 6) is 1.05. The van der Waals surface area contributed by atoms with Gasteiger partial charge in [0.2, 0.25) is 0 Å². The zero-order valence-corrected chi connectivity index (χ0v) is 11.4. The van der Waals surface area contributed by atoms with E-state index in [2.05, 4.69) is 11.8 Å². The summed E-state index contributed by atoms with van der Waals surface area (Å²) in [6.07, 6.45) is 9.01. The minimum absolute atomic E-state index is 0.952. The molecule has 1 aromatic heterocycles. The van der Waals surface area contributed by atoms with E-state index >= 15 is 0 Å². The summed E-state index contributed by atoms with van der Waals surface area (Å²) in [6.45, 7) is 5.55. The first-order valence-electron chi connectivity index (χ1n) is 7.40. The Bertz CT molecular complexity index is 422. The van der Waals surface area contributed by atoms with Crippen molar-refractivity contribution >= 4 is 0 Å². The lowest BCUT2D eigenvalue weighted by molar-refractivity contribution is 0.215. The predicted molar refractivity (Wildman–Crippen MR) is 72.5 cm³/mol. The van der Waals surface area contributed by atoms with Gasteiger partial charge in [-0.25, -0.2) is 9.97 Å². The zero-order chi connectivity index (χ0) is 12.4. The molecular weight excluding hydrogens is 222 g/mol. The van der Waals surface area contributed by atoms with Gasteiger partial charge in [0, 0.05) is 11.4 Å². The van der Waals surface area contributed by atoms with Gasteiger partial charge in [0.1, 0.15) is 5.82 Å². The summed E-state index contributed by atoms with van der Waals surface area (Å²) in [6, 6.07) is 0. The summed E-state index contributed by atoms with van der Waals surface area (Å²) < 4.78 is 0. The first-order chi connectivity index (χ1) is 8.83. The van der Waals surface area contributed by atoms with Gasteiger partial charge < -0.3 is 0 Å². The molecule has 0 amide bonds. The third-order valence-corrected chi connectivity index (χ3v) is 4.25. The molecule has 0 saturated carbocycles. The second kappa shape index (κ2) is 5.35. The van der Waals surface area contributed by atoms with E-state index < -0.39 is 0 Å². The lowest BCUT2D eigenvalue weighted by Crippen LogP contribution is -2.30. The highest BCUT2D eigenvalue weighted by atomic mass is 15.1. The Balaban J connectivity index is 1.77. The lowest BCUT2D eigenvalue weighted by Gasteiger charge is -2.26. The first-order valence-corrected chi connectivity index (χ1v) is 7.40. The van der Waals surface area contributed by atoms with Crippen molar-refractivity contribution in [3.63, 3.8) is 0 Å². The van der Waals surface area contributed by atoms with Gasteiger partial charge >= 0.3 is 0 Å². The van der Waals surface area contributed by atoms with Crippen molar-refractivity contribution in [1.82, 2.24) is 14.9 Å². The van der Waals surface area contributed by atoms with Crippen LogP contribution >= 0.6 is 0 Å². The molecule has 1 aliphatic heterocycles. The summed E-state index contributed by atoms with van der Waals surface area (Å²) in [4.78, 5) is 12.1. The van der Waals surface area contributed by atoms with Crippen LogP contribution in [0.3, 0.4) is 0 Å². The average molecular weight is 245 g/mol. The maximum atomic E-state index is 4.82. The van der Waals surface area contributed by atoms with Crippen molar-refractivity contribution in [3.8, 4) is 0 Å². The molecule has 3 nitrogen and oxygen atoms in total. The van der Waals surface area contributed by atoms with E-state index in [1.54, 1.807) is 0 Å². The molecular formula is C15H23N3. The number of aromatic nitrogens is 2. The largest absolute Gasteiger partial charge is 0.296 e. The molecule has 0 atom stereocenters. The maximum Gasteiger partial charge on any atom is 0.142 e. The molecule has 0 radical (unpaired) electrons. The van der Waals surface area contributed by atoms with Crippen LogP contribution in [-0.4, -0.2) is 28.0 Å². The minimum atomic E-state index is 0.952. The number of fused-ring (bicyclic) bond motifs is 1. The molecule has 0 bridgehead atoms. The number of rotatable bonds is 2. The van der Waals surface area contributed by atoms with Crippen LogP contribution in [0.5, 0.6) is 0 Å². The number of nitrogens with zero attached hydrogens (tertiary/aromatic N) is 3. The Morgan fingerprint density at radius 2 is 1.72 bits per heavy atom. The van der Waals surface area contributed by atoms with E-state index in [0.717, 1.165) is 18.8 Å². The van der Waals surface area contributed by atoms with E-state index in [4.69, 9.17) is 9.97 Å². The van der Waals surface area contributed by atoms with Crippen molar-refractivity contribution < 1.29 is 0 Å². The molecule has 1 aliphatic carbocycles. The van der Waals surface area contributed by atoms with Crippen LogP contribution in [0.25, 0.3) is 0 Å². The molecule has 2 heterocycles. The molecule has 98 valence electrons. The smallest absolute Gasteiger partial charge is 0.142 e. The van der Waals surface area contributed by atoms with Gasteiger partial charge in [-0.05, 0) is 64.1 Å². The highest BCUT2D eigenvalue weighted by Gasteiger charge is 2.17. The number of hydrogen-bond acceptors (Lipinski definition) is 3. The molecule has 0 aromatic carbocycles. The second-order valence-electron chi connectivity index (χ2n) is 5.69. The molecule has 1 aromatic rings. The van der Waals surface area contributed by atoms with Crippen molar-refractivity contribution in [3.05, 3.63) is 22.8 Å². The molecule has 0 unspecified atom stereocenters. The van der Waals surface area contributed by atoms with Crippen LogP contribution < -0.4 is 0 Å². The summed E-state index contributed by atoms with van der Waals surface area (Å²) >= 11 is 0.